The van der Waals surface area contributed by atoms with Crippen molar-refractivity contribution in [1.82, 2.24) is 24.4 Å². The molecule has 2 aromatic carbocycles. The number of ether oxygens (including phenoxy) is 3. The normalized spacial score (nSPS) is 15.5. The largest absolute Gasteiger partial charge is 0.454 e. The van der Waals surface area contributed by atoms with Crippen molar-refractivity contribution in [2.75, 3.05) is 56.8 Å². The monoisotopic (exact) mass is 555 g/mol. The summed E-state index contributed by atoms with van der Waals surface area (Å²) in [6.45, 7) is 5.63. The Labute approximate surface area is 228 Å². The van der Waals surface area contributed by atoms with E-state index >= 15 is 0 Å². The molecule has 6 rings (SSSR count). The standard InChI is InChI=1S/C27H28F3N7O3/c28-27(29,30)20-4-1-18(2-5-20)15-37-16-33-23-24(31-7-8-36-9-11-38-12-10-36)34-26(35-25(23)37)32-14-19-3-6-21-22(13-19)40-17-39-21/h1-6,13,16H,7-12,14-15,17H2,(H2,31,32,34,35). The van der Waals surface area contributed by atoms with Crippen LogP contribution < -0.4 is 20.1 Å². The molecular weight excluding hydrogens is 527 g/mol. The number of benzene rings is 2. The lowest BCUT2D eigenvalue weighted by molar-refractivity contribution is -0.137. The van der Waals surface area contributed by atoms with Crippen LogP contribution in [0.1, 0.15) is 16.7 Å². The number of rotatable bonds is 9. The number of hydrogen-bond acceptors (Lipinski definition) is 9. The molecule has 0 saturated carbocycles. The number of morpholine rings is 1. The average molecular weight is 556 g/mol. The molecule has 2 aliphatic rings. The van der Waals surface area contributed by atoms with Gasteiger partial charge in [-0.15, -0.1) is 0 Å². The van der Waals surface area contributed by atoms with Crippen LogP contribution in [0.5, 0.6) is 11.5 Å². The molecule has 0 amide bonds. The Morgan fingerprint density at radius 1 is 0.900 bits per heavy atom. The van der Waals surface area contributed by atoms with Crippen LogP contribution in [0.3, 0.4) is 0 Å². The highest BCUT2D eigenvalue weighted by molar-refractivity contribution is 5.84. The first-order valence-corrected chi connectivity index (χ1v) is 13.0. The molecule has 0 spiro atoms. The van der Waals surface area contributed by atoms with E-state index in [0.717, 1.165) is 50.5 Å². The minimum atomic E-state index is -4.38. The van der Waals surface area contributed by atoms with Crippen LogP contribution in [0.4, 0.5) is 24.9 Å². The first kappa shape index (κ1) is 26.1. The first-order valence-electron chi connectivity index (χ1n) is 13.0. The van der Waals surface area contributed by atoms with Gasteiger partial charge >= 0.3 is 6.18 Å². The topological polar surface area (TPSA) is 98.6 Å². The van der Waals surface area contributed by atoms with Crippen molar-refractivity contribution in [3.63, 3.8) is 0 Å². The average Bonchev–Trinajstić information content (AvgIpc) is 3.59. The van der Waals surface area contributed by atoms with Gasteiger partial charge in [-0.25, -0.2) is 4.98 Å². The molecule has 210 valence electrons. The second-order valence-electron chi connectivity index (χ2n) is 9.56. The van der Waals surface area contributed by atoms with Gasteiger partial charge in [-0.2, -0.15) is 23.1 Å². The van der Waals surface area contributed by atoms with Crippen LogP contribution in [0.15, 0.2) is 48.8 Å². The van der Waals surface area contributed by atoms with E-state index in [1.807, 2.05) is 18.2 Å². The highest BCUT2D eigenvalue weighted by Gasteiger charge is 2.30. The summed E-state index contributed by atoms with van der Waals surface area (Å²) in [6.07, 6.45) is -2.75. The number of nitrogens with zero attached hydrogens (tertiary/aromatic N) is 5. The third-order valence-electron chi connectivity index (χ3n) is 6.81. The van der Waals surface area contributed by atoms with Gasteiger partial charge < -0.3 is 29.4 Å². The fraction of sp³-hybridized carbons (Fsp3) is 0.370. The molecule has 0 unspecified atom stereocenters. The van der Waals surface area contributed by atoms with Crippen molar-refractivity contribution in [3.8, 4) is 11.5 Å². The third kappa shape index (κ3) is 5.89. The van der Waals surface area contributed by atoms with E-state index in [4.69, 9.17) is 24.2 Å². The molecule has 40 heavy (non-hydrogen) atoms. The number of imidazole rings is 1. The number of anilines is 2. The molecule has 1 saturated heterocycles. The van der Waals surface area contributed by atoms with E-state index in [1.165, 1.54) is 12.1 Å². The number of halogens is 3. The minimum absolute atomic E-state index is 0.203. The van der Waals surface area contributed by atoms with Crippen LogP contribution in [0, 0.1) is 0 Å². The van der Waals surface area contributed by atoms with Gasteiger partial charge in [0.15, 0.2) is 28.5 Å². The number of nitrogens with one attached hydrogen (secondary N) is 2. The van der Waals surface area contributed by atoms with E-state index in [1.54, 1.807) is 10.9 Å². The maximum atomic E-state index is 13.0. The van der Waals surface area contributed by atoms with E-state index < -0.39 is 11.7 Å². The molecule has 2 aromatic heterocycles. The van der Waals surface area contributed by atoms with Gasteiger partial charge in [0.2, 0.25) is 12.7 Å². The zero-order valence-electron chi connectivity index (χ0n) is 21.6. The van der Waals surface area contributed by atoms with E-state index in [-0.39, 0.29) is 6.79 Å². The van der Waals surface area contributed by atoms with Gasteiger partial charge in [0.05, 0.1) is 31.6 Å². The van der Waals surface area contributed by atoms with Gasteiger partial charge in [0.1, 0.15) is 0 Å². The number of hydrogen-bond donors (Lipinski definition) is 2. The quantitative estimate of drug-likeness (QED) is 0.318. The fourth-order valence-electron chi connectivity index (χ4n) is 4.65. The summed E-state index contributed by atoms with van der Waals surface area (Å²) in [5.41, 5.74) is 2.13. The van der Waals surface area contributed by atoms with Crippen LogP contribution in [-0.2, 0) is 24.0 Å². The Hall–Kier alpha value is -4.10. The molecule has 2 aliphatic heterocycles. The molecule has 0 radical (unpaired) electrons. The lowest BCUT2D eigenvalue weighted by Gasteiger charge is -2.26. The predicted molar refractivity (Wildman–Crippen MR) is 142 cm³/mol. The van der Waals surface area contributed by atoms with Crippen LogP contribution in [-0.4, -0.2) is 70.6 Å². The summed E-state index contributed by atoms with van der Waals surface area (Å²) < 4.78 is 57.1. The first-order chi connectivity index (χ1) is 19.4. The summed E-state index contributed by atoms with van der Waals surface area (Å²) in [6, 6.07) is 10.8. The Kier molecular flexibility index (Phi) is 7.30. The SMILES string of the molecule is FC(F)(F)c1ccc(Cn2cnc3c(NCCN4CCOCC4)nc(NCc4ccc5c(c4)OCO5)nc32)cc1. The van der Waals surface area contributed by atoms with Crippen molar-refractivity contribution in [1.29, 1.82) is 0 Å². The summed E-state index contributed by atoms with van der Waals surface area (Å²) in [5.74, 6) is 2.38. The van der Waals surface area contributed by atoms with Gasteiger partial charge in [-0.3, -0.25) is 4.90 Å². The van der Waals surface area contributed by atoms with E-state index in [2.05, 4.69) is 20.5 Å². The lowest BCUT2D eigenvalue weighted by atomic mass is 10.1. The van der Waals surface area contributed by atoms with Crippen molar-refractivity contribution in [2.24, 2.45) is 0 Å². The van der Waals surface area contributed by atoms with Crippen LogP contribution in [0.2, 0.25) is 0 Å². The van der Waals surface area contributed by atoms with Gasteiger partial charge in [0, 0.05) is 32.7 Å². The maximum Gasteiger partial charge on any atom is 0.416 e. The van der Waals surface area contributed by atoms with Gasteiger partial charge in [-0.05, 0) is 35.4 Å². The highest BCUT2D eigenvalue weighted by Crippen LogP contribution is 2.33. The highest BCUT2D eigenvalue weighted by atomic mass is 19.4. The molecular formula is C27H28F3N7O3. The second-order valence-corrected chi connectivity index (χ2v) is 9.56. The Morgan fingerprint density at radius 3 is 2.48 bits per heavy atom. The summed E-state index contributed by atoms with van der Waals surface area (Å²) >= 11 is 0. The number of fused-ring (bicyclic) bond motifs is 2. The van der Waals surface area contributed by atoms with Crippen molar-refractivity contribution in [3.05, 3.63) is 65.5 Å². The molecule has 1 fully saturated rings. The molecule has 4 aromatic rings. The Balaban J connectivity index is 1.23. The molecule has 2 N–H and O–H groups in total. The Morgan fingerprint density at radius 2 is 1.68 bits per heavy atom. The predicted octanol–water partition coefficient (Wildman–Crippen LogP) is 3.98. The van der Waals surface area contributed by atoms with Crippen LogP contribution >= 0.6 is 0 Å². The van der Waals surface area contributed by atoms with E-state index in [9.17, 15) is 13.2 Å². The van der Waals surface area contributed by atoms with Crippen molar-refractivity contribution >= 4 is 22.9 Å². The van der Waals surface area contributed by atoms with Crippen molar-refractivity contribution in [2.45, 2.75) is 19.3 Å². The number of alkyl halides is 3. The molecule has 0 aliphatic carbocycles. The molecule has 13 heteroatoms. The van der Waals surface area contributed by atoms with Gasteiger partial charge in [-0.1, -0.05) is 18.2 Å². The summed E-state index contributed by atoms with van der Waals surface area (Å²) in [5, 5.41) is 6.68. The zero-order valence-corrected chi connectivity index (χ0v) is 21.6. The smallest absolute Gasteiger partial charge is 0.416 e. The fourth-order valence-corrected chi connectivity index (χ4v) is 4.65. The maximum absolute atomic E-state index is 13.0. The van der Waals surface area contributed by atoms with E-state index in [0.29, 0.717) is 59.6 Å². The molecule has 0 atom stereocenters. The molecule has 10 nitrogen and oxygen atoms in total. The minimum Gasteiger partial charge on any atom is -0.454 e. The summed E-state index contributed by atoms with van der Waals surface area (Å²) in [4.78, 5) is 16.3. The Bertz CT molecular complexity index is 1470. The molecule has 4 heterocycles. The van der Waals surface area contributed by atoms with Crippen LogP contribution in [0.25, 0.3) is 11.2 Å². The molecule has 0 bridgehead atoms. The second kappa shape index (κ2) is 11.2. The van der Waals surface area contributed by atoms with Crippen molar-refractivity contribution < 1.29 is 27.4 Å². The van der Waals surface area contributed by atoms with Gasteiger partial charge in [0.25, 0.3) is 0 Å². The third-order valence-corrected chi connectivity index (χ3v) is 6.81. The number of aromatic nitrogens is 4. The zero-order chi connectivity index (χ0) is 27.5. The summed E-state index contributed by atoms with van der Waals surface area (Å²) in [7, 11) is 0. The lowest BCUT2D eigenvalue weighted by Crippen LogP contribution is -2.39.